The maximum atomic E-state index is 12.1. The quantitative estimate of drug-likeness (QED) is 0.862. The van der Waals surface area contributed by atoms with Crippen molar-refractivity contribution in [2.75, 3.05) is 0 Å². The summed E-state index contributed by atoms with van der Waals surface area (Å²) < 4.78 is 1.71. The molecule has 1 atom stereocenters. The molecular formula is C13H12N2O4. The minimum Gasteiger partial charge on any atom is -0.481 e. The lowest BCUT2D eigenvalue weighted by Gasteiger charge is -2.09. The molecular weight excluding hydrogens is 248 g/mol. The van der Waals surface area contributed by atoms with Crippen LogP contribution in [0.4, 0.5) is 0 Å². The van der Waals surface area contributed by atoms with Crippen molar-refractivity contribution in [2.45, 2.75) is 32.2 Å². The summed E-state index contributed by atoms with van der Waals surface area (Å²) in [4.78, 5) is 39.0. The zero-order chi connectivity index (χ0) is 13.7. The van der Waals surface area contributed by atoms with E-state index in [2.05, 4.69) is 4.98 Å². The number of aromatic nitrogens is 2. The average molecular weight is 260 g/mol. The number of ketones is 2. The van der Waals surface area contributed by atoms with Crippen molar-refractivity contribution in [2.24, 2.45) is 0 Å². The fraction of sp³-hybridized carbons (Fsp3) is 0.385. The minimum atomic E-state index is -0.897. The summed E-state index contributed by atoms with van der Waals surface area (Å²) in [5.74, 6) is -1.03. The van der Waals surface area contributed by atoms with Crippen LogP contribution in [0.3, 0.4) is 0 Å². The van der Waals surface area contributed by atoms with Gasteiger partial charge in [-0.15, -0.1) is 0 Å². The second-order valence-corrected chi connectivity index (χ2v) is 4.92. The van der Waals surface area contributed by atoms with Gasteiger partial charge in [0, 0.05) is 18.0 Å². The number of fused-ring (bicyclic) bond motifs is 3. The van der Waals surface area contributed by atoms with Gasteiger partial charge in [0.05, 0.1) is 6.42 Å². The van der Waals surface area contributed by atoms with Crippen LogP contribution < -0.4 is 0 Å². The van der Waals surface area contributed by atoms with Crippen LogP contribution in [0.2, 0.25) is 0 Å². The molecule has 0 saturated carbocycles. The Bertz CT molecular complexity index is 654. The highest BCUT2D eigenvalue weighted by Crippen LogP contribution is 2.34. The Kier molecular flexibility index (Phi) is 2.41. The van der Waals surface area contributed by atoms with Crippen molar-refractivity contribution in [3.63, 3.8) is 0 Å². The number of rotatable bonds is 2. The highest BCUT2D eigenvalue weighted by Gasteiger charge is 2.36. The highest BCUT2D eigenvalue weighted by molar-refractivity contribution is 6.23. The molecule has 2 aliphatic rings. The Morgan fingerprint density at radius 1 is 1.53 bits per heavy atom. The van der Waals surface area contributed by atoms with Crippen molar-refractivity contribution in [1.82, 2.24) is 9.55 Å². The molecule has 3 rings (SSSR count). The Balaban J connectivity index is 2.09. The molecule has 1 aliphatic carbocycles. The second kappa shape index (κ2) is 3.88. The number of carboxylic acid groups (broad SMARTS) is 1. The number of aliphatic carboxylic acids is 1. The number of carbonyl (C=O) groups excluding carboxylic acids is 2. The molecule has 0 bridgehead atoms. The maximum Gasteiger partial charge on any atom is 0.304 e. The average Bonchev–Trinajstić information content (AvgIpc) is 2.86. The smallest absolute Gasteiger partial charge is 0.304 e. The molecule has 1 aromatic rings. The second-order valence-electron chi connectivity index (χ2n) is 4.92. The van der Waals surface area contributed by atoms with E-state index in [4.69, 9.17) is 5.11 Å². The van der Waals surface area contributed by atoms with Gasteiger partial charge in [-0.1, -0.05) is 0 Å². The van der Waals surface area contributed by atoms with Crippen LogP contribution in [0.1, 0.15) is 52.5 Å². The van der Waals surface area contributed by atoms with Gasteiger partial charge in [0.15, 0.2) is 0 Å². The van der Waals surface area contributed by atoms with Crippen LogP contribution in [-0.4, -0.2) is 32.2 Å². The van der Waals surface area contributed by atoms with Gasteiger partial charge in [0.25, 0.3) is 0 Å². The molecule has 1 unspecified atom stereocenters. The van der Waals surface area contributed by atoms with Crippen LogP contribution in [0.25, 0.3) is 0 Å². The molecule has 0 fully saturated rings. The van der Waals surface area contributed by atoms with E-state index in [0.29, 0.717) is 30.1 Å². The van der Waals surface area contributed by atoms with Crippen LogP contribution in [0.5, 0.6) is 0 Å². The summed E-state index contributed by atoms with van der Waals surface area (Å²) in [6, 6.07) is 0. The molecule has 0 spiro atoms. The zero-order valence-electron chi connectivity index (χ0n) is 10.3. The third-order valence-corrected chi connectivity index (χ3v) is 3.64. The third-order valence-electron chi connectivity index (χ3n) is 3.64. The van der Waals surface area contributed by atoms with Crippen molar-refractivity contribution in [1.29, 1.82) is 0 Å². The monoisotopic (exact) mass is 260 g/mol. The Hall–Kier alpha value is -2.24. The van der Waals surface area contributed by atoms with E-state index >= 15 is 0 Å². The lowest BCUT2D eigenvalue weighted by molar-refractivity contribution is -0.137. The molecule has 0 aromatic carbocycles. The summed E-state index contributed by atoms with van der Waals surface area (Å²) in [7, 11) is 0. The van der Waals surface area contributed by atoms with Crippen molar-refractivity contribution in [3.05, 3.63) is 28.9 Å². The first-order valence-corrected chi connectivity index (χ1v) is 6.08. The Labute approximate surface area is 108 Å². The van der Waals surface area contributed by atoms with Gasteiger partial charge in [-0.05, 0) is 19.4 Å². The molecule has 0 amide bonds. The van der Waals surface area contributed by atoms with Crippen LogP contribution in [-0.2, 0) is 11.3 Å². The number of nitrogens with zero attached hydrogens (tertiary/aromatic N) is 2. The maximum absolute atomic E-state index is 12.1. The molecule has 98 valence electrons. The van der Waals surface area contributed by atoms with E-state index in [1.807, 2.05) is 0 Å². The van der Waals surface area contributed by atoms with E-state index in [9.17, 15) is 14.4 Å². The number of carbonyl (C=O) groups is 3. The lowest BCUT2D eigenvalue weighted by atomic mass is 9.98. The molecule has 1 aromatic heterocycles. The van der Waals surface area contributed by atoms with E-state index in [0.717, 1.165) is 0 Å². The van der Waals surface area contributed by atoms with E-state index in [-0.39, 0.29) is 29.6 Å². The molecule has 0 saturated heterocycles. The third kappa shape index (κ3) is 1.63. The number of allylic oxidation sites excluding steroid dienone is 2. The van der Waals surface area contributed by atoms with Crippen LogP contribution >= 0.6 is 0 Å². The van der Waals surface area contributed by atoms with Crippen molar-refractivity contribution in [3.8, 4) is 0 Å². The van der Waals surface area contributed by atoms with Crippen molar-refractivity contribution >= 4 is 17.5 Å². The highest BCUT2D eigenvalue weighted by atomic mass is 16.4. The number of carboxylic acids is 1. The molecule has 6 nitrogen and oxygen atoms in total. The molecule has 1 N–H and O–H groups in total. The molecule has 6 heteroatoms. The fourth-order valence-electron chi connectivity index (χ4n) is 2.75. The number of hydrogen-bond acceptors (Lipinski definition) is 4. The Morgan fingerprint density at radius 3 is 2.95 bits per heavy atom. The van der Waals surface area contributed by atoms with Gasteiger partial charge in [-0.2, -0.15) is 0 Å². The van der Waals surface area contributed by atoms with Gasteiger partial charge in [-0.3, -0.25) is 14.4 Å². The summed E-state index contributed by atoms with van der Waals surface area (Å²) in [6.45, 7) is 2.15. The topological polar surface area (TPSA) is 89.3 Å². The number of imidazole rings is 1. The predicted molar refractivity (Wildman–Crippen MR) is 64.3 cm³/mol. The largest absolute Gasteiger partial charge is 0.481 e. The first-order valence-electron chi connectivity index (χ1n) is 6.08. The minimum absolute atomic E-state index is 0.0231. The lowest BCUT2D eigenvalue weighted by Crippen LogP contribution is -2.18. The fourth-order valence-corrected chi connectivity index (χ4v) is 2.75. The summed E-state index contributed by atoms with van der Waals surface area (Å²) in [5, 5.41) is 8.87. The van der Waals surface area contributed by atoms with Gasteiger partial charge in [0.2, 0.25) is 11.6 Å². The molecule has 0 radical (unpaired) electrons. The summed E-state index contributed by atoms with van der Waals surface area (Å²) in [6.07, 6.45) is 1.91. The first kappa shape index (κ1) is 11.8. The van der Waals surface area contributed by atoms with Crippen LogP contribution in [0, 0.1) is 0 Å². The van der Waals surface area contributed by atoms with E-state index in [1.165, 1.54) is 6.08 Å². The van der Waals surface area contributed by atoms with Crippen molar-refractivity contribution < 1.29 is 19.5 Å². The summed E-state index contributed by atoms with van der Waals surface area (Å²) >= 11 is 0. The van der Waals surface area contributed by atoms with E-state index in [1.54, 1.807) is 11.5 Å². The van der Waals surface area contributed by atoms with Gasteiger partial charge < -0.3 is 9.67 Å². The van der Waals surface area contributed by atoms with E-state index < -0.39 is 5.97 Å². The Morgan fingerprint density at radius 2 is 2.26 bits per heavy atom. The molecule has 2 heterocycles. The number of hydrogen-bond donors (Lipinski definition) is 1. The van der Waals surface area contributed by atoms with Gasteiger partial charge in [-0.25, -0.2) is 4.98 Å². The molecule has 1 aliphatic heterocycles. The first-order chi connectivity index (χ1) is 8.99. The predicted octanol–water partition coefficient (Wildman–Crippen LogP) is 1.17. The standard InChI is InChI=1S/C13H12N2O4/c1-6-4-8(16)10-11(12(6)19)15-3-2-7(5-9(17)18)13(15)14-10/h4,7H,2-3,5H2,1H3,(H,17,18). The zero-order valence-corrected chi connectivity index (χ0v) is 10.3. The van der Waals surface area contributed by atoms with Gasteiger partial charge in [0.1, 0.15) is 17.2 Å². The van der Waals surface area contributed by atoms with Crippen LogP contribution in [0.15, 0.2) is 11.6 Å². The summed E-state index contributed by atoms with van der Waals surface area (Å²) in [5.41, 5.74) is 0.899. The number of Topliss-reactive ketones (excluding diaryl/α,β-unsaturated/α-hetero) is 1. The normalized spacial score (nSPS) is 21.1. The molecule has 19 heavy (non-hydrogen) atoms. The SMILES string of the molecule is CC1=CC(=O)c2nc3n(c2C1=O)CCC3CC(=O)O. The van der Waals surface area contributed by atoms with Gasteiger partial charge >= 0.3 is 5.97 Å².